The molecule has 20 heavy (non-hydrogen) atoms. The molecule has 1 aromatic heterocycles. The monoisotopic (exact) mass is 297 g/mol. The fraction of sp³-hybridized carbons (Fsp3) is 0.733. The Bertz CT molecular complexity index is 449. The van der Waals surface area contributed by atoms with Crippen LogP contribution in [0.3, 0.4) is 0 Å². The highest BCUT2D eigenvalue weighted by Gasteiger charge is 2.34. The third-order valence-corrected chi connectivity index (χ3v) is 4.69. The Morgan fingerprint density at radius 3 is 2.75 bits per heavy atom. The van der Waals surface area contributed by atoms with Crippen molar-refractivity contribution >= 4 is 17.4 Å². The first-order chi connectivity index (χ1) is 9.64. The van der Waals surface area contributed by atoms with Gasteiger partial charge in [-0.25, -0.2) is 9.97 Å². The van der Waals surface area contributed by atoms with Gasteiger partial charge in [0.15, 0.2) is 0 Å². The van der Waals surface area contributed by atoms with Gasteiger partial charge in [-0.1, -0.05) is 32.4 Å². The van der Waals surface area contributed by atoms with Crippen LogP contribution < -0.4 is 5.32 Å². The van der Waals surface area contributed by atoms with Crippen LogP contribution in [0.25, 0.3) is 0 Å². The Morgan fingerprint density at radius 2 is 2.10 bits per heavy atom. The summed E-state index contributed by atoms with van der Waals surface area (Å²) in [7, 11) is 0. The summed E-state index contributed by atoms with van der Waals surface area (Å²) in [5.41, 5.74) is 1.01. The van der Waals surface area contributed by atoms with Crippen molar-refractivity contribution in [3.8, 4) is 0 Å². The van der Waals surface area contributed by atoms with Crippen molar-refractivity contribution in [2.75, 3.05) is 11.9 Å². The first-order valence-corrected chi connectivity index (χ1v) is 7.91. The van der Waals surface area contributed by atoms with Crippen LogP contribution in [0.15, 0.2) is 6.33 Å². The Hall–Kier alpha value is -0.870. The van der Waals surface area contributed by atoms with Crippen LogP contribution in [-0.2, 0) is 11.2 Å². The molecule has 1 atom stereocenters. The second kappa shape index (κ2) is 6.72. The minimum atomic E-state index is 0.0130. The summed E-state index contributed by atoms with van der Waals surface area (Å²) in [5, 5.41) is 4.10. The van der Waals surface area contributed by atoms with Crippen molar-refractivity contribution < 1.29 is 4.74 Å². The highest BCUT2D eigenvalue weighted by Crippen LogP contribution is 2.33. The van der Waals surface area contributed by atoms with Crippen molar-refractivity contribution in [1.82, 2.24) is 9.97 Å². The maximum absolute atomic E-state index is 6.14. The molecule has 5 heteroatoms. The van der Waals surface area contributed by atoms with Crippen molar-refractivity contribution in [2.45, 2.75) is 64.5 Å². The van der Waals surface area contributed by atoms with E-state index in [2.05, 4.69) is 36.1 Å². The molecule has 0 spiro atoms. The molecule has 0 aromatic carbocycles. The molecule has 1 saturated heterocycles. The standard InChI is InChI=1S/C15H24ClN3O/c1-4-12-13(16)17-10-18-14(12)19-11-7-8-20-15(5-2,6-3)9-11/h10-11H,4-9H2,1-3H3,(H,17,18,19). The molecule has 4 nitrogen and oxygen atoms in total. The van der Waals surface area contributed by atoms with Crippen molar-refractivity contribution in [3.05, 3.63) is 17.0 Å². The molecule has 0 radical (unpaired) electrons. The lowest BCUT2D eigenvalue weighted by Crippen LogP contribution is -2.43. The lowest BCUT2D eigenvalue weighted by molar-refractivity contribution is -0.0864. The number of rotatable bonds is 5. The Balaban J connectivity index is 2.12. The minimum absolute atomic E-state index is 0.0130. The van der Waals surface area contributed by atoms with Gasteiger partial charge in [-0.05, 0) is 32.1 Å². The Morgan fingerprint density at radius 1 is 1.35 bits per heavy atom. The van der Waals surface area contributed by atoms with E-state index in [1.165, 1.54) is 6.33 Å². The van der Waals surface area contributed by atoms with Crippen LogP contribution in [0, 0.1) is 0 Å². The maximum Gasteiger partial charge on any atom is 0.137 e. The van der Waals surface area contributed by atoms with Gasteiger partial charge >= 0.3 is 0 Å². The number of ether oxygens (including phenoxy) is 1. The predicted molar refractivity (Wildman–Crippen MR) is 82.3 cm³/mol. The molecule has 1 N–H and O–H groups in total. The molecule has 1 aliphatic heterocycles. The Labute approximate surface area is 126 Å². The lowest BCUT2D eigenvalue weighted by atomic mass is 9.86. The average molecular weight is 298 g/mol. The topological polar surface area (TPSA) is 47.0 Å². The number of hydrogen-bond acceptors (Lipinski definition) is 4. The molecule has 2 rings (SSSR count). The van der Waals surface area contributed by atoms with Crippen LogP contribution in [0.4, 0.5) is 5.82 Å². The van der Waals surface area contributed by atoms with Crippen molar-refractivity contribution in [3.63, 3.8) is 0 Å². The zero-order valence-electron chi connectivity index (χ0n) is 12.6. The summed E-state index contributed by atoms with van der Waals surface area (Å²) in [6.07, 6.45) is 6.48. The van der Waals surface area contributed by atoms with Gasteiger partial charge in [0.1, 0.15) is 17.3 Å². The van der Waals surface area contributed by atoms with Gasteiger partial charge in [-0.3, -0.25) is 0 Å². The van der Waals surface area contributed by atoms with E-state index in [1.807, 2.05) is 0 Å². The zero-order valence-corrected chi connectivity index (χ0v) is 13.3. The molecule has 0 amide bonds. The van der Waals surface area contributed by atoms with Crippen LogP contribution >= 0.6 is 11.6 Å². The number of nitrogens with one attached hydrogen (secondary N) is 1. The molecule has 1 aromatic rings. The van der Waals surface area contributed by atoms with Crippen LogP contribution in [0.2, 0.25) is 5.15 Å². The molecule has 0 saturated carbocycles. The normalized spacial score (nSPS) is 21.7. The predicted octanol–water partition coefficient (Wildman–Crippen LogP) is 3.84. The molecule has 1 fully saturated rings. The molecule has 112 valence electrons. The Kier molecular flexibility index (Phi) is 5.22. The number of hydrogen-bond donors (Lipinski definition) is 1. The van der Waals surface area contributed by atoms with Crippen molar-refractivity contribution in [2.24, 2.45) is 0 Å². The third-order valence-electron chi connectivity index (χ3n) is 4.37. The first kappa shape index (κ1) is 15.5. The molecule has 1 aliphatic rings. The summed E-state index contributed by atoms with van der Waals surface area (Å²) in [6.45, 7) is 7.28. The molecular formula is C15H24ClN3O. The number of halogens is 1. The fourth-order valence-corrected chi connectivity index (χ4v) is 3.18. The van der Waals surface area contributed by atoms with Gasteiger partial charge in [0.25, 0.3) is 0 Å². The molecule has 2 heterocycles. The highest BCUT2D eigenvalue weighted by molar-refractivity contribution is 6.30. The molecular weight excluding hydrogens is 274 g/mol. The number of nitrogens with zero attached hydrogens (tertiary/aromatic N) is 2. The quantitative estimate of drug-likeness (QED) is 0.839. The maximum atomic E-state index is 6.14. The lowest BCUT2D eigenvalue weighted by Gasteiger charge is -2.40. The van der Waals surface area contributed by atoms with E-state index in [9.17, 15) is 0 Å². The smallest absolute Gasteiger partial charge is 0.137 e. The van der Waals surface area contributed by atoms with E-state index >= 15 is 0 Å². The van der Waals surface area contributed by atoms with Gasteiger partial charge in [0.05, 0.1) is 5.60 Å². The minimum Gasteiger partial charge on any atom is -0.375 e. The van der Waals surface area contributed by atoms with Gasteiger partial charge in [-0.15, -0.1) is 0 Å². The molecule has 0 bridgehead atoms. The number of aromatic nitrogens is 2. The fourth-order valence-electron chi connectivity index (χ4n) is 2.92. The van der Waals surface area contributed by atoms with Gasteiger partial charge in [0, 0.05) is 18.2 Å². The van der Waals surface area contributed by atoms with Crippen molar-refractivity contribution in [1.29, 1.82) is 0 Å². The van der Waals surface area contributed by atoms with Crippen LogP contribution in [0.5, 0.6) is 0 Å². The number of anilines is 1. The van der Waals surface area contributed by atoms with Gasteiger partial charge in [0.2, 0.25) is 0 Å². The SMILES string of the molecule is CCc1c(Cl)ncnc1NC1CCOC(CC)(CC)C1. The summed E-state index contributed by atoms with van der Waals surface area (Å²) in [5.74, 6) is 0.875. The molecule has 0 aliphatic carbocycles. The van der Waals surface area contributed by atoms with E-state index in [0.717, 1.165) is 50.1 Å². The van der Waals surface area contributed by atoms with Gasteiger partial charge in [-0.2, -0.15) is 0 Å². The van der Waals surface area contributed by atoms with Crippen LogP contribution in [-0.4, -0.2) is 28.2 Å². The second-order valence-electron chi connectivity index (χ2n) is 5.42. The van der Waals surface area contributed by atoms with Crippen LogP contribution in [0.1, 0.15) is 52.0 Å². The summed E-state index contributed by atoms with van der Waals surface area (Å²) in [6, 6.07) is 0.389. The van der Waals surface area contributed by atoms with Gasteiger partial charge < -0.3 is 10.1 Å². The highest BCUT2D eigenvalue weighted by atomic mass is 35.5. The first-order valence-electron chi connectivity index (χ1n) is 7.54. The van der Waals surface area contributed by atoms with E-state index in [1.54, 1.807) is 0 Å². The summed E-state index contributed by atoms with van der Waals surface area (Å²) >= 11 is 6.14. The van der Waals surface area contributed by atoms with E-state index in [4.69, 9.17) is 16.3 Å². The molecule has 1 unspecified atom stereocenters. The van der Waals surface area contributed by atoms with E-state index in [-0.39, 0.29) is 5.60 Å². The largest absolute Gasteiger partial charge is 0.375 e. The van der Waals surface area contributed by atoms with E-state index in [0.29, 0.717) is 11.2 Å². The summed E-state index contributed by atoms with van der Waals surface area (Å²) in [4.78, 5) is 8.41. The third kappa shape index (κ3) is 3.23. The average Bonchev–Trinajstić information content (AvgIpc) is 2.48. The zero-order chi connectivity index (χ0) is 14.6. The second-order valence-corrected chi connectivity index (χ2v) is 5.78. The van der Waals surface area contributed by atoms with E-state index < -0.39 is 0 Å². The summed E-state index contributed by atoms with van der Waals surface area (Å²) < 4.78 is 6.01.